The van der Waals surface area contributed by atoms with E-state index >= 15 is 0 Å². The minimum Gasteiger partial charge on any atom is -0.370 e. The molecular formula is C14H21ClN2O. The normalized spacial score (nSPS) is 24.2. The summed E-state index contributed by atoms with van der Waals surface area (Å²) >= 11 is 5.91. The molecule has 0 aliphatic heterocycles. The van der Waals surface area contributed by atoms with Crippen molar-refractivity contribution >= 4 is 11.6 Å². The van der Waals surface area contributed by atoms with E-state index in [2.05, 4.69) is 16.9 Å². The van der Waals surface area contributed by atoms with Crippen LogP contribution in [0.4, 0.5) is 0 Å². The van der Waals surface area contributed by atoms with Gasteiger partial charge in [-0.1, -0.05) is 37.8 Å². The summed E-state index contributed by atoms with van der Waals surface area (Å²) in [6.45, 7) is 4.66. The lowest BCUT2D eigenvalue weighted by molar-refractivity contribution is -0.00125. The first kappa shape index (κ1) is 13.8. The highest BCUT2D eigenvalue weighted by Gasteiger charge is 2.21. The van der Waals surface area contributed by atoms with Crippen molar-refractivity contribution in [1.29, 1.82) is 0 Å². The molecule has 1 saturated carbocycles. The first-order valence-electron chi connectivity index (χ1n) is 6.79. The molecule has 1 fully saturated rings. The van der Waals surface area contributed by atoms with Gasteiger partial charge >= 0.3 is 0 Å². The summed E-state index contributed by atoms with van der Waals surface area (Å²) in [4.78, 5) is 8.52. The Morgan fingerprint density at radius 2 is 2.22 bits per heavy atom. The highest BCUT2D eigenvalue weighted by Crippen LogP contribution is 2.28. The van der Waals surface area contributed by atoms with Crippen LogP contribution in [-0.4, -0.2) is 16.1 Å². The molecule has 1 aromatic heterocycles. The number of aromatic nitrogens is 2. The van der Waals surface area contributed by atoms with Crippen LogP contribution in [0.1, 0.15) is 50.5 Å². The van der Waals surface area contributed by atoms with Gasteiger partial charge in [0, 0.05) is 5.69 Å². The molecule has 2 atom stereocenters. The van der Waals surface area contributed by atoms with E-state index in [1.165, 1.54) is 25.7 Å². The van der Waals surface area contributed by atoms with Crippen molar-refractivity contribution in [3.63, 3.8) is 0 Å². The maximum absolute atomic E-state index is 5.93. The number of nitrogens with zero attached hydrogens (tertiary/aromatic N) is 2. The smallest absolute Gasteiger partial charge is 0.155 e. The van der Waals surface area contributed by atoms with Crippen LogP contribution in [0.5, 0.6) is 0 Å². The third-order valence-corrected chi connectivity index (χ3v) is 3.82. The van der Waals surface area contributed by atoms with Crippen LogP contribution in [0, 0.1) is 12.8 Å². The molecule has 0 spiro atoms. The van der Waals surface area contributed by atoms with Gasteiger partial charge in [-0.2, -0.15) is 0 Å². The Labute approximate surface area is 114 Å². The number of hydrogen-bond donors (Lipinski definition) is 0. The quantitative estimate of drug-likeness (QED) is 0.776. The third kappa shape index (κ3) is 3.92. The fraction of sp³-hybridized carbons (Fsp3) is 0.714. The Morgan fingerprint density at radius 3 is 2.94 bits per heavy atom. The van der Waals surface area contributed by atoms with Gasteiger partial charge in [-0.15, -0.1) is 0 Å². The predicted molar refractivity (Wildman–Crippen MR) is 72.6 cm³/mol. The summed E-state index contributed by atoms with van der Waals surface area (Å²) in [6, 6.07) is 1.76. The molecule has 0 bridgehead atoms. The number of aryl methyl sites for hydroxylation is 1. The Morgan fingerprint density at radius 1 is 1.39 bits per heavy atom. The molecule has 1 aliphatic carbocycles. The summed E-state index contributed by atoms with van der Waals surface area (Å²) in [6.07, 6.45) is 6.59. The van der Waals surface area contributed by atoms with Crippen LogP contribution in [0.3, 0.4) is 0 Å². The SMILES string of the molecule is CCC1CCCC(OCc2nc(C)cc(Cl)n2)C1. The van der Waals surface area contributed by atoms with Gasteiger partial charge < -0.3 is 4.74 Å². The van der Waals surface area contributed by atoms with Crippen molar-refractivity contribution in [1.82, 2.24) is 9.97 Å². The van der Waals surface area contributed by atoms with Gasteiger partial charge in [0.25, 0.3) is 0 Å². The minimum atomic E-state index is 0.367. The maximum atomic E-state index is 5.93. The number of halogens is 1. The first-order chi connectivity index (χ1) is 8.67. The van der Waals surface area contributed by atoms with Crippen molar-refractivity contribution in [2.45, 2.75) is 58.7 Å². The predicted octanol–water partition coefficient (Wildman–Crippen LogP) is 3.92. The zero-order valence-corrected chi connectivity index (χ0v) is 11.9. The maximum Gasteiger partial charge on any atom is 0.155 e. The summed E-state index contributed by atoms with van der Waals surface area (Å²) in [5.41, 5.74) is 0.892. The standard InChI is InChI=1S/C14H21ClN2O/c1-3-11-5-4-6-12(8-11)18-9-14-16-10(2)7-13(15)17-14/h7,11-12H,3-6,8-9H2,1-2H3. The largest absolute Gasteiger partial charge is 0.370 e. The van der Waals surface area contributed by atoms with Gasteiger partial charge in [-0.25, -0.2) is 9.97 Å². The van der Waals surface area contributed by atoms with E-state index in [9.17, 15) is 0 Å². The lowest BCUT2D eigenvalue weighted by atomic mass is 9.85. The molecule has 18 heavy (non-hydrogen) atoms. The van der Waals surface area contributed by atoms with E-state index in [1.807, 2.05) is 6.92 Å². The van der Waals surface area contributed by atoms with E-state index in [1.54, 1.807) is 6.07 Å². The second-order valence-electron chi connectivity index (χ2n) is 5.12. The average Bonchev–Trinajstić information content (AvgIpc) is 2.35. The third-order valence-electron chi connectivity index (χ3n) is 3.63. The highest BCUT2D eigenvalue weighted by molar-refractivity contribution is 6.29. The lowest BCUT2D eigenvalue weighted by Gasteiger charge is -2.28. The molecule has 0 N–H and O–H groups in total. The number of hydrogen-bond acceptors (Lipinski definition) is 3. The fourth-order valence-electron chi connectivity index (χ4n) is 2.61. The minimum absolute atomic E-state index is 0.367. The van der Waals surface area contributed by atoms with Crippen LogP contribution < -0.4 is 0 Å². The summed E-state index contributed by atoms with van der Waals surface area (Å²) in [5.74, 6) is 1.52. The van der Waals surface area contributed by atoms with Crippen LogP contribution >= 0.6 is 11.6 Å². The van der Waals surface area contributed by atoms with Crippen LogP contribution in [0.2, 0.25) is 5.15 Å². The molecule has 4 heteroatoms. The Kier molecular flexibility index (Phi) is 4.95. The number of ether oxygens (including phenoxy) is 1. The van der Waals surface area contributed by atoms with Crippen molar-refractivity contribution < 1.29 is 4.74 Å². The van der Waals surface area contributed by atoms with Gasteiger partial charge in [0.1, 0.15) is 11.8 Å². The van der Waals surface area contributed by atoms with Crippen molar-refractivity contribution in [3.05, 3.63) is 22.7 Å². The Balaban J connectivity index is 1.87. The molecule has 1 aliphatic rings. The van der Waals surface area contributed by atoms with Gasteiger partial charge in [-0.05, 0) is 31.7 Å². The molecule has 1 heterocycles. The molecule has 0 radical (unpaired) electrons. The molecule has 2 rings (SSSR count). The van der Waals surface area contributed by atoms with E-state index in [-0.39, 0.29) is 0 Å². The lowest BCUT2D eigenvalue weighted by Crippen LogP contribution is -2.22. The molecule has 3 nitrogen and oxygen atoms in total. The zero-order chi connectivity index (χ0) is 13.0. The van der Waals surface area contributed by atoms with Gasteiger partial charge in [0.2, 0.25) is 0 Å². The monoisotopic (exact) mass is 268 g/mol. The van der Waals surface area contributed by atoms with Gasteiger partial charge in [0.15, 0.2) is 5.82 Å². The molecule has 2 unspecified atom stereocenters. The first-order valence-corrected chi connectivity index (χ1v) is 7.17. The van der Waals surface area contributed by atoms with Crippen LogP contribution in [-0.2, 0) is 11.3 Å². The van der Waals surface area contributed by atoms with E-state index in [0.29, 0.717) is 23.7 Å². The molecule has 0 aromatic carbocycles. The van der Waals surface area contributed by atoms with Crippen molar-refractivity contribution in [2.75, 3.05) is 0 Å². The molecular weight excluding hydrogens is 248 g/mol. The summed E-state index contributed by atoms with van der Waals surface area (Å²) in [7, 11) is 0. The van der Waals surface area contributed by atoms with Gasteiger partial charge in [-0.3, -0.25) is 0 Å². The van der Waals surface area contributed by atoms with Crippen LogP contribution in [0.15, 0.2) is 6.07 Å². The van der Waals surface area contributed by atoms with Crippen LogP contribution in [0.25, 0.3) is 0 Å². The topological polar surface area (TPSA) is 35.0 Å². The second kappa shape index (κ2) is 6.48. The summed E-state index contributed by atoms with van der Waals surface area (Å²) < 4.78 is 5.93. The Bertz CT molecular complexity index is 377. The van der Waals surface area contributed by atoms with Crippen molar-refractivity contribution in [3.8, 4) is 0 Å². The fourth-order valence-corrected chi connectivity index (χ4v) is 2.87. The zero-order valence-electron chi connectivity index (χ0n) is 11.2. The molecule has 0 amide bonds. The Hall–Kier alpha value is -0.670. The second-order valence-corrected chi connectivity index (χ2v) is 5.51. The highest BCUT2D eigenvalue weighted by atomic mass is 35.5. The molecule has 100 valence electrons. The van der Waals surface area contributed by atoms with E-state index in [0.717, 1.165) is 18.0 Å². The number of rotatable bonds is 4. The average molecular weight is 269 g/mol. The van der Waals surface area contributed by atoms with E-state index in [4.69, 9.17) is 16.3 Å². The molecule has 0 saturated heterocycles. The summed E-state index contributed by atoms with van der Waals surface area (Å²) in [5, 5.41) is 0.496. The van der Waals surface area contributed by atoms with Crippen molar-refractivity contribution in [2.24, 2.45) is 5.92 Å². The van der Waals surface area contributed by atoms with Gasteiger partial charge in [0.05, 0.1) is 6.10 Å². The molecule has 1 aromatic rings. The van der Waals surface area contributed by atoms with E-state index < -0.39 is 0 Å².